The van der Waals surface area contributed by atoms with Gasteiger partial charge in [-0.3, -0.25) is 9.69 Å². The molecule has 0 bridgehead atoms. The molecule has 0 aliphatic carbocycles. The molecule has 3 aromatic rings. The Morgan fingerprint density at radius 1 is 1.30 bits per heavy atom. The number of fused-ring (bicyclic) bond motifs is 1. The van der Waals surface area contributed by atoms with E-state index in [0.29, 0.717) is 6.54 Å². The molecule has 0 aliphatic heterocycles. The van der Waals surface area contributed by atoms with E-state index in [9.17, 15) is 4.79 Å². The fourth-order valence-corrected chi connectivity index (χ4v) is 4.49. The van der Waals surface area contributed by atoms with E-state index >= 15 is 0 Å². The molecule has 2 aromatic carbocycles. The van der Waals surface area contributed by atoms with Crippen LogP contribution in [0.1, 0.15) is 18.0 Å². The predicted octanol–water partition coefficient (Wildman–Crippen LogP) is 5.21. The number of nitrogens with zero attached hydrogens (tertiary/aromatic N) is 2. The zero-order chi connectivity index (χ0) is 19.2. The fraction of sp³-hybridized carbons (Fsp3) is 0.238. The summed E-state index contributed by atoms with van der Waals surface area (Å²) < 4.78 is 1.17. The van der Waals surface area contributed by atoms with Crippen molar-refractivity contribution in [1.82, 2.24) is 9.88 Å². The number of aromatic nitrogens is 1. The summed E-state index contributed by atoms with van der Waals surface area (Å²) in [5.74, 6) is 0.777. The van der Waals surface area contributed by atoms with E-state index in [1.165, 1.54) is 4.70 Å². The predicted molar refractivity (Wildman–Crippen MR) is 117 cm³/mol. The number of likely N-dealkylation sites (N-methyl/N-ethyl adjacent to an activating group) is 1. The number of thioether (sulfide) groups is 1. The zero-order valence-corrected chi connectivity index (χ0v) is 17.1. The molecule has 0 spiro atoms. The highest BCUT2D eigenvalue weighted by atomic mass is 32.2. The van der Waals surface area contributed by atoms with Crippen LogP contribution in [-0.4, -0.2) is 35.1 Å². The number of rotatable bonds is 8. The van der Waals surface area contributed by atoms with Crippen molar-refractivity contribution < 1.29 is 4.79 Å². The number of benzene rings is 2. The molecule has 1 N–H and O–H groups in total. The van der Waals surface area contributed by atoms with Gasteiger partial charge in [0.15, 0.2) is 0 Å². The maximum absolute atomic E-state index is 12.6. The number of nitrogens with one attached hydrogen (secondary N) is 1. The minimum atomic E-state index is -0.0304. The van der Waals surface area contributed by atoms with Crippen molar-refractivity contribution in [2.45, 2.75) is 17.9 Å². The highest BCUT2D eigenvalue weighted by molar-refractivity contribution is 7.99. The zero-order valence-electron chi connectivity index (χ0n) is 15.5. The van der Waals surface area contributed by atoms with Crippen molar-refractivity contribution in [3.05, 3.63) is 66.2 Å². The second-order valence-electron chi connectivity index (χ2n) is 6.25. The van der Waals surface area contributed by atoms with Gasteiger partial charge in [-0.05, 0) is 38.2 Å². The maximum atomic E-state index is 12.6. The Labute approximate surface area is 168 Å². The summed E-state index contributed by atoms with van der Waals surface area (Å²) in [4.78, 5) is 20.3. The van der Waals surface area contributed by atoms with E-state index in [4.69, 9.17) is 4.98 Å². The molecule has 4 nitrogen and oxygen atoms in total. The topological polar surface area (TPSA) is 45.2 Å². The second-order valence-corrected chi connectivity index (χ2v) is 8.38. The lowest BCUT2D eigenvalue weighted by Crippen LogP contribution is -2.32. The van der Waals surface area contributed by atoms with E-state index in [-0.39, 0.29) is 11.9 Å². The monoisotopic (exact) mass is 397 g/mol. The Kier molecular flexibility index (Phi) is 6.66. The number of carbonyl (C=O) groups is 1. The van der Waals surface area contributed by atoms with Gasteiger partial charge in [0.2, 0.25) is 5.91 Å². The number of hydrogen-bond donors (Lipinski definition) is 1. The van der Waals surface area contributed by atoms with Crippen LogP contribution in [0.2, 0.25) is 0 Å². The first kappa shape index (κ1) is 19.6. The van der Waals surface area contributed by atoms with E-state index in [1.807, 2.05) is 60.5 Å². The van der Waals surface area contributed by atoms with Gasteiger partial charge in [-0.1, -0.05) is 30.3 Å². The lowest BCUT2D eigenvalue weighted by Gasteiger charge is -2.22. The van der Waals surface area contributed by atoms with Gasteiger partial charge in [0.25, 0.3) is 0 Å². The third kappa shape index (κ3) is 4.97. The van der Waals surface area contributed by atoms with Crippen LogP contribution in [0.5, 0.6) is 0 Å². The van der Waals surface area contributed by atoms with Crippen molar-refractivity contribution in [2.24, 2.45) is 0 Å². The number of anilines is 1. The number of para-hydroxylation sites is 2. The molecule has 3 rings (SSSR count). The SMILES string of the molecule is C=CCSc1ccccc1NC(=O)CN(C)[C@H](C)c1nc2ccccc2s1. The molecule has 0 radical (unpaired) electrons. The van der Waals surface area contributed by atoms with Crippen LogP contribution in [0.25, 0.3) is 10.2 Å². The summed E-state index contributed by atoms with van der Waals surface area (Å²) >= 11 is 3.34. The first-order valence-electron chi connectivity index (χ1n) is 8.76. The Balaban J connectivity index is 1.64. The molecule has 0 unspecified atom stereocenters. The van der Waals surface area contributed by atoms with Crippen LogP contribution in [0.4, 0.5) is 5.69 Å². The van der Waals surface area contributed by atoms with Crippen LogP contribution in [-0.2, 0) is 4.79 Å². The fourth-order valence-electron chi connectivity index (χ4n) is 2.65. The molecule has 6 heteroatoms. The molecule has 1 atom stereocenters. The standard InChI is InChI=1S/C21H23N3OS2/c1-4-13-26-18-11-7-5-9-16(18)22-20(25)14-24(3)15(2)21-23-17-10-6-8-12-19(17)27-21/h4-12,15H,1,13-14H2,2-3H3,(H,22,25)/t15-/m1/s1. The van der Waals surface area contributed by atoms with Gasteiger partial charge in [-0.2, -0.15) is 0 Å². The molecule has 0 saturated carbocycles. The van der Waals surface area contributed by atoms with E-state index in [1.54, 1.807) is 23.1 Å². The molecule has 0 fully saturated rings. The van der Waals surface area contributed by atoms with Crippen LogP contribution < -0.4 is 5.32 Å². The van der Waals surface area contributed by atoms with Gasteiger partial charge in [-0.25, -0.2) is 4.98 Å². The van der Waals surface area contributed by atoms with Crippen LogP contribution in [0.3, 0.4) is 0 Å². The van der Waals surface area contributed by atoms with Gasteiger partial charge in [-0.15, -0.1) is 29.7 Å². The normalized spacial score (nSPS) is 12.3. The molecule has 140 valence electrons. The molecule has 0 saturated heterocycles. The summed E-state index contributed by atoms with van der Waals surface area (Å²) in [5.41, 5.74) is 1.85. The first-order chi connectivity index (χ1) is 13.1. The number of amides is 1. The lowest BCUT2D eigenvalue weighted by molar-refractivity contribution is -0.117. The third-order valence-electron chi connectivity index (χ3n) is 4.24. The minimum absolute atomic E-state index is 0.0304. The molecule has 1 heterocycles. The molecular weight excluding hydrogens is 374 g/mol. The highest BCUT2D eigenvalue weighted by Crippen LogP contribution is 2.29. The lowest BCUT2D eigenvalue weighted by atomic mass is 10.3. The minimum Gasteiger partial charge on any atom is -0.324 e. The van der Waals surface area contributed by atoms with Gasteiger partial charge in [0.05, 0.1) is 28.5 Å². The highest BCUT2D eigenvalue weighted by Gasteiger charge is 2.19. The first-order valence-corrected chi connectivity index (χ1v) is 10.6. The van der Waals surface area contributed by atoms with Crippen molar-refractivity contribution in [3.63, 3.8) is 0 Å². The molecule has 1 amide bonds. The summed E-state index contributed by atoms with van der Waals surface area (Å²) in [5, 5.41) is 4.05. The van der Waals surface area contributed by atoms with Gasteiger partial charge in [0, 0.05) is 10.6 Å². The molecule has 1 aromatic heterocycles. The maximum Gasteiger partial charge on any atom is 0.238 e. The van der Waals surface area contributed by atoms with Crippen molar-refractivity contribution >= 4 is 44.9 Å². The Hall–Kier alpha value is -2.15. The van der Waals surface area contributed by atoms with Crippen molar-refractivity contribution in [2.75, 3.05) is 24.7 Å². The third-order valence-corrected chi connectivity index (χ3v) is 6.52. The van der Waals surface area contributed by atoms with E-state index < -0.39 is 0 Å². The summed E-state index contributed by atoms with van der Waals surface area (Å²) in [7, 11) is 1.95. The van der Waals surface area contributed by atoms with Crippen LogP contribution in [0, 0.1) is 0 Å². The number of thiazole rings is 1. The number of carbonyl (C=O) groups excluding carboxylic acids is 1. The average Bonchev–Trinajstić information content (AvgIpc) is 3.10. The Morgan fingerprint density at radius 2 is 2.04 bits per heavy atom. The van der Waals surface area contributed by atoms with Crippen molar-refractivity contribution in [1.29, 1.82) is 0 Å². The molecular formula is C21H23N3OS2. The summed E-state index contributed by atoms with van der Waals surface area (Å²) in [6.07, 6.45) is 1.86. The Bertz CT molecular complexity index is 905. The van der Waals surface area contributed by atoms with Crippen LogP contribution >= 0.6 is 23.1 Å². The van der Waals surface area contributed by atoms with Gasteiger partial charge in [0.1, 0.15) is 5.01 Å². The van der Waals surface area contributed by atoms with E-state index in [2.05, 4.69) is 24.9 Å². The summed E-state index contributed by atoms with van der Waals surface area (Å²) in [6, 6.07) is 16.0. The quantitative estimate of drug-likeness (QED) is 0.419. The van der Waals surface area contributed by atoms with Gasteiger partial charge < -0.3 is 5.32 Å². The number of hydrogen-bond acceptors (Lipinski definition) is 5. The molecule has 27 heavy (non-hydrogen) atoms. The van der Waals surface area contributed by atoms with E-state index in [0.717, 1.165) is 26.9 Å². The second kappa shape index (κ2) is 9.17. The van der Waals surface area contributed by atoms with Crippen LogP contribution in [0.15, 0.2) is 66.1 Å². The summed E-state index contributed by atoms with van der Waals surface area (Å²) in [6.45, 7) is 6.14. The average molecular weight is 398 g/mol. The largest absolute Gasteiger partial charge is 0.324 e. The smallest absolute Gasteiger partial charge is 0.238 e. The molecule has 0 aliphatic rings. The van der Waals surface area contributed by atoms with Gasteiger partial charge >= 0.3 is 0 Å². The Morgan fingerprint density at radius 3 is 2.81 bits per heavy atom. The van der Waals surface area contributed by atoms with Crippen molar-refractivity contribution in [3.8, 4) is 0 Å².